The Bertz CT molecular complexity index is 755. The summed E-state index contributed by atoms with van der Waals surface area (Å²) >= 11 is 1.20. The average Bonchev–Trinajstić information content (AvgIpc) is 3.04. The van der Waals surface area contributed by atoms with E-state index in [-0.39, 0.29) is 17.9 Å². The smallest absolute Gasteiger partial charge is 0.413 e. The third-order valence-electron chi connectivity index (χ3n) is 3.16. The summed E-state index contributed by atoms with van der Waals surface area (Å²) in [7, 11) is 1.16. The van der Waals surface area contributed by atoms with E-state index in [1.165, 1.54) is 17.4 Å². The highest BCUT2D eigenvalue weighted by Gasteiger charge is 2.17. The first-order valence-electron chi connectivity index (χ1n) is 7.51. The van der Waals surface area contributed by atoms with Crippen molar-refractivity contribution in [2.45, 2.75) is 13.3 Å². The molecule has 1 heterocycles. The Balaban J connectivity index is 1.98. The molecule has 2 rings (SSSR count). The van der Waals surface area contributed by atoms with Gasteiger partial charge in [0.2, 0.25) is 5.91 Å². The lowest BCUT2D eigenvalue weighted by Gasteiger charge is -2.07. The number of ether oxygens (including phenoxy) is 2. The highest BCUT2D eigenvalue weighted by atomic mass is 32.1. The van der Waals surface area contributed by atoms with Crippen molar-refractivity contribution in [3.05, 3.63) is 46.8 Å². The quantitative estimate of drug-likeness (QED) is 0.824. The van der Waals surface area contributed by atoms with Crippen molar-refractivity contribution in [3.63, 3.8) is 0 Å². The molecule has 0 bridgehead atoms. The summed E-state index contributed by atoms with van der Waals surface area (Å²) in [4.78, 5) is 35.3. The molecule has 3 amide bonds. The second-order valence-corrected chi connectivity index (χ2v) is 5.83. The molecule has 2 aromatic rings. The summed E-state index contributed by atoms with van der Waals surface area (Å²) in [6.45, 7) is 2.48. The van der Waals surface area contributed by atoms with Crippen molar-refractivity contribution in [2.24, 2.45) is 0 Å². The molecule has 132 valence electrons. The minimum absolute atomic E-state index is 0.155. The van der Waals surface area contributed by atoms with Gasteiger partial charge in [0.1, 0.15) is 10.8 Å². The molecule has 1 aromatic carbocycles. The Morgan fingerprint density at radius 1 is 1.12 bits per heavy atom. The van der Waals surface area contributed by atoms with Crippen LogP contribution in [0.4, 0.5) is 9.80 Å². The number of nitrogens with one attached hydrogen (secondary N) is 2. The third kappa shape index (κ3) is 5.32. The van der Waals surface area contributed by atoms with Crippen LogP contribution in [0.5, 0.6) is 5.75 Å². The maximum Gasteiger partial charge on any atom is 0.413 e. The molecule has 0 fully saturated rings. The van der Waals surface area contributed by atoms with Crippen LogP contribution < -0.4 is 15.4 Å². The fourth-order valence-corrected chi connectivity index (χ4v) is 2.82. The van der Waals surface area contributed by atoms with Crippen molar-refractivity contribution < 1.29 is 23.9 Å². The van der Waals surface area contributed by atoms with Crippen molar-refractivity contribution in [2.75, 3.05) is 19.0 Å². The molecule has 0 radical (unpaired) electrons. The van der Waals surface area contributed by atoms with Gasteiger partial charge in [0, 0.05) is 0 Å². The van der Waals surface area contributed by atoms with E-state index < -0.39 is 12.0 Å². The van der Waals surface area contributed by atoms with Gasteiger partial charge in [-0.2, -0.15) is 0 Å². The summed E-state index contributed by atoms with van der Waals surface area (Å²) in [6, 6.07) is 8.74. The van der Waals surface area contributed by atoms with Gasteiger partial charge in [-0.15, -0.1) is 11.3 Å². The molecule has 8 heteroatoms. The normalized spacial score (nSPS) is 10.0. The van der Waals surface area contributed by atoms with Gasteiger partial charge in [-0.25, -0.2) is 4.79 Å². The van der Waals surface area contributed by atoms with Gasteiger partial charge in [0.25, 0.3) is 5.91 Å². The summed E-state index contributed by atoms with van der Waals surface area (Å²) in [6.07, 6.45) is -0.703. The number of carbonyl (C=O) groups is 3. The zero-order valence-corrected chi connectivity index (χ0v) is 14.6. The maximum atomic E-state index is 12.2. The van der Waals surface area contributed by atoms with Crippen LogP contribution in [0, 0.1) is 0 Å². The predicted octanol–water partition coefficient (Wildman–Crippen LogP) is 2.82. The summed E-state index contributed by atoms with van der Waals surface area (Å²) in [5.74, 6) is -0.158. The lowest BCUT2D eigenvalue weighted by atomic mass is 10.1. The van der Waals surface area contributed by atoms with E-state index in [1.807, 2.05) is 19.1 Å². The van der Waals surface area contributed by atoms with Crippen LogP contribution in [0.3, 0.4) is 0 Å². The molecule has 0 atom stereocenters. The number of anilines is 1. The third-order valence-corrected chi connectivity index (χ3v) is 3.99. The summed E-state index contributed by atoms with van der Waals surface area (Å²) in [5, 5.41) is 6.77. The Labute approximate surface area is 148 Å². The number of amides is 3. The Hall–Kier alpha value is -2.87. The highest BCUT2D eigenvalue weighted by molar-refractivity contribution is 7.14. The minimum Gasteiger partial charge on any atom is -0.494 e. The number of imide groups is 1. The number of methoxy groups -OCH3 is 1. The van der Waals surface area contributed by atoms with Gasteiger partial charge in [-0.3, -0.25) is 14.9 Å². The molecule has 0 saturated heterocycles. The predicted molar refractivity (Wildman–Crippen MR) is 94.1 cm³/mol. The van der Waals surface area contributed by atoms with Crippen molar-refractivity contribution in [3.8, 4) is 5.75 Å². The zero-order valence-electron chi connectivity index (χ0n) is 13.8. The summed E-state index contributed by atoms with van der Waals surface area (Å²) < 4.78 is 9.73. The van der Waals surface area contributed by atoms with Crippen molar-refractivity contribution in [1.29, 1.82) is 0 Å². The minimum atomic E-state index is -0.858. The molecule has 0 aliphatic rings. The van der Waals surface area contributed by atoms with E-state index >= 15 is 0 Å². The molecule has 0 aliphatic carbocycles. The number of rotatable bonds is 6. The van der Waals surface area contributed by atoms with Crippen LogP contribution in [-0.2, 0) is 16.0 Å². The molecule has 0 aliphatic heterocycles. The Kier molecular flexibility index (Phi) is 6.53. The Morgan fingerprint density at radius 2 is 1.84 bits per heavy atom. The lowest BCUT2D eigenvalue weighted by molar-refractivity contribution is -0.115. The van der Waals surface area contributed by atoms with Crippen molar-refractivity contribution in [1.82, 2.24) is 5.32 Å². The largest absolute Gasteiger partial charge is 0.494 e. The molecule has 0 unspecified atom stereocenters. The monoisotopic (exact) mass is 362 g/mol. The molecule has 0 spiro atoms. The van der Waals surface area contributed by atoms with E-state index in [4.69, 9.17) is 4.74 Å². The lowest BCUT2D eigenvalue weighted by Crippen LogP contribution is -2.30. The zero-order chi connectivity index (χ0) is 18.2. The fourth-order valence-electron chi connectivity index (χ4n) is 2.02. The van der Waals surface area contributed by atoms with Gasteiger partial charge < -0.3 is 14.8 Å². The molecular weight excluding hydrogens is 344 g/mol. The number of hydrogen-bond donors (Lipinski definition) is 2. The number of alkyl carbamates (subject to hydrolysis) is 1. The van der Waals surface area contributed by atoms with Crippen LogP contribution >= 0.6 is 11.3 Å². The number of thiophene rings is 1. The Morgan fingerprint density at radius 3 is 2.48 bits per heavy atom. The number of hydrogen-bond acceptors (Lipinski definition) is 6. The molecule has 7 nitrogen and oxygen atoms in total. The van der Waals surface area contributed by atoms with Gasteiger partial charge in [-0.1, -0.05) is 12.1 Å². The maximum absolute atomic E-state index is 12.2. The first kappa shape index (κ1) is 18.5. The first-order valence-corrected chi connectivity index (χ1v) is 8.39. The average molecular weight is 362 g/mol. The second-order valence-electron chi connectivity index (χ2n) is 4.91. The standard InChI is InChI=1S/C17H18N2O5S/c1-3-24-12-6-4-11(5-7-12)10-14(20)18-16-13(8-9-25-16)15(21)19-17(22)23-2/h4-9H,3,10H2,1-2H3,(H,18,20)(H,19,21,22). The molecular formula is C17H18N2O5S. The fraction of sp³-hybridized carbons (Fsp3) is 0.235. The molecule has 1 aromatic heterocycles. The molecule has 25 heavy (non-hydrogen) atoms. The van der Waals surface area contributed by atoms with E-state index in [9.17, 15) is 14.4 Å². The number of benzene rings is 1. The van der Waals surface area contributed by atoms with E-state index in [1.54, 1.807) is 17.5 Å². The van der Waals surface area contributed by atoms with Crippen molar-refractivity contribution >= 4 is 34.2 Å². The van der Waals surface area contributed by atoms with Gasteiger partial charge in [0.15, 0.2) is 0 Å². The summed E-state index contributed by atoms with van der Waals surface area (Å²) in [5.41, 5.74) is 1.02. The first-order chi connectivity index (χ1) is 12.0. The van der Waals surface area contributed by atoms with E-state index in [0.29, 0.717) is 11.6 Å². The molecule has 0 saturated carbocycles. The molecule has 2 N–H and O–H groups in total. The highest BCUT2D eigenvalue weighted by Crippen LogP contribution is 2.23. The van der Waals surface area contributed by atoms with Gasteiger partial charge in [-0.05, 0) is 36.1 Å². The number of carbonyl (C=O) groups excluding carboxylic acids is 3. The van der Waals surface area contributed by atoms with Gasteiger partial charge >= 0.3 is 6.09 Å². The van der Waals surface area contributed by atoms with E-state index in [2.05, 4.69) is 15.4 Å². The SMILES string of the molecule is CCOc1ccc(CC(=O)Nc2sccc2C(=O)NC(=O)OC)cc1. The van der Waals surface area contributed by atoms with Crippen LogP contribution in [0.2, 0.25) is 0 Å². The van der Waals surface area contributed by atoms with Crippen LogP contribution in [0.1, 0.15) is 22.8 Å². The van der Waals surface area contributed by atoms with Gasteiger partial charge in [0.05, 0.1) is 25.7 Å². The van der Waals surface area contributed by atoms with Crippen LogP contribution in [-0.4, -0.2) is 31.6 Å². The van der Waals surface area contributed by atoms with Crippen LogP contribution in [0.25, 0.3) is 0 Å². The van der Waals surface area contributed by atoms with Crippen LogP contribution in [0.15, 0.2) is 35.7 Å². The second kappa shape index (κ2) is 8.84. The topological polar surface area (TPSA) is 93.7 Å². The van der Waals surface area contributed by atoms with E-state index in [0.717, 1.165) is 18.4 Å².